The van der Waals surface area contributed by atoms with Gasteiger partial charge in [0.2, 0.25) is 0 Å². The summed E-state index contributed by atoms with van der Waals surface area (Å²) in [4.78, 5) is 22.5. The summed E-state index contributed by atoms with van der Waals surface area (Å²) in [6.45, 7) is 0. The predicted molar refractivity (Wildman–Crippen MR) is 60.8 cm³/mol. The average Bonchev–Trinajstić information content (AvgIpc) is 2.25. The van der Waals surface area contributed by atoms with Gasteiger partial charge in [-0.15, -0.1) is 0 Å². The lowest BCUT2D eigenvalue weighted by atomic mass is 10.1. The number of aldehydes is 1. The van der Waals surface area contributed by atoms with E-state index in [1.165, 1.54) is 12.1 Å². The van der Waals surface area contributed by atoms with E-state index in [2.05, 4.69) is 0 Å². The zero-order valence-electron chi connectivity index (χ0n) is 9.08. The van der Waals surface area contributed by atoms with Crippen molar-refractivity contribution in [3.05, 3.63) is 46.1 Å². The van der Waals surface area contributed by atoms with E-state index in [1.54, 1.807) is 37.3 Å². The third-order valence-corrected chi connectivity index (χ3v) is 1.94. The van der Waals surface area contributed by atoms with Crippen molar-refractivity contribution >= 4 is 17.5 Å². The SMILES string of the molecule is CN(C)C=C(C=O)c1ccc([N+](=O)[O-])cc1. The molecule has 0 N–H and O–H groups in total. The number of hydrogen-bond donors (Lipinski definition) is 0. The van der Waals surface area contributed by atoms with E-state index in [0.29, 0.717) is 11.1 Å². The average molecular weight is 220 g/mol. The fraction of sp³-hybridized carbons (Fsp3) is 0.182. The molecule has 0 fully saturated rings. The number of rotatable bonds is 4. The van der Waals surface area contributed by atoms with Crippen LogP contribution in [0.3, 0.4) is 0 Å². The lowest BCUT2D eigenvalue weighted by Gasteiger charge is -2.07. The van der Waals surface area contributed by atoms with Crippen LogP contribution in [0.25, 0.3) is 5.57 Å². The summed E-state index contributed by atoms with van der Waals surface area (Å²) >= 11 is 0. The van der Waals surface area contributed by atoms with Gasteiger partial charge in [-0.05, 0) is 17.7 Å². The number of nitrogens with zero attached hydrogens (tertiary/aromatic N) is 2. The molecule has 1 aromatic rings. The minimum Gasteiger partial charge on any atom is -0.383 e. The van der Waals surface area contributed by atoms with E-state index in [4.69, 9.17) is 0 Å². The minimum atomic E-state index is -0.472. The molecule has 1 aromatic carbocycles. The molecule has 0 amide bonds. The van der Waals surface area contributed by atoms with Gasteiger partial charge in [-0.3, -0.25) is 14.9 Å². The normalized spacial score (nSPS) is 11.0. The van der Waals surface area contributed by atoms with Crippen LogP contribution in [-0.4, -0.2) is 30.2 Å². The first-order chi connectivity index (χ1) is 7.54. The van der Waals surface area contributed by atoms with Crippen molar-refractivity contribution in [1.82, 2.24) is 4.90 Å². The van der Waals surface area contributed by atoms with Gasteiger partial charge in [0.25, 0.3) is 5.69 Å². The molecule has 0 saturated heterocycles. The quantitative estimate of drug-likeness (QED) is 0.335. The third kappa shape index (κ3) is 2.91. The molecule has 0 aliphatic carbocycles. The van der Waals surface area contributed by atoms with Crippen LogP contribution in [0.2, 0.25) is 0 Å². The van der Waals surface area contributed by atoms with Crippen LogP contribution >= 0.6 is 0 Å². The number of allylic oxidation sites excluding steroid dienone is 1. The van der Waals surface area contributed by atoms with E-state index < -0.39 is 4.92 Å². The van der Waals surface area contributed by atoms with Crippen molar-refractivity contribution in [3.8, 4) is 0 Å². The van der Waals surface area contributed by atoms with E-state index in [1.807, 2.05) is 0 Å². The lowest BCUT2D eigenvalue weighted by molar-refractivity contribution is -0.384. The van der Waals surface area contributed by atoms with E-state index in [9.17, 15) is 14.9 Å². The molecule has 0 aliphatic rings. The van der Waals surface area contributed by atoms with Crippen molar-refractivity contribution in [1.29, 1.82) is 0 Å². The molecule has 0 atom stereocenters. The Balaban J connectivity index is 3.04. The number of nitro benzene ring substituents is 1. The Morgan fingerprint density at radius 1 is 1.31 bits per heavy atom. The second kappa shape index (κ2) is 5.06. The van der Waals surface area contributed by atoms with Crippen molar-refractivity contribution in [3.63, 3.8) is 0 Å². The van der Waals surface area contributed by atoms with Gasteiger partial charge < -0.3 is 4.90 Å². The lowest BCUT2D eigenvalue weighted by Crippen LogP contribution is -2.03. The first kappa shape index (κ1) is 11.9. The molecule has 0 bridgehead atoms. The third-order valence-electron chi connectivity index (χ3n) is 1.94. The fourth-order valence-corrected chi connectivity index (χ4v) is 1.23. The van der Waals surface area contributed by atoms with E-state index >= 15 is 0 Å². The van der Waals surface area contributed by atoms with Crippen LogP contribution < -0.4 is 0 Å². The molecule has 5 nitrogen and oxygen atoms in total. The van der Waals surface area contributed by atoms with Crippen molar-refractivity contribution in [2.75, 3.05) is 14.1 Å². The largest absolute Gasteiger partial charge is 0.383 e. The molecular formula is C11H12N2O3. The monoisotopic (exact) mass is 220 g/mol. The Kier molecular flexibility index (Phi) is 3.77. The van der Waals surface area contributed by atoms with Crippen LogP contribution in [0, 0.1) is 10.1 Å². The Hall–Kier alpha value is -2.17. The van der Waals surface area contributed by atoms with Crippen LogP contribution in [-0.2, 0) is 4.79 Å². The number of carbonyl (C=O) groups is 1. The maximum absolute atomic E-state index is 10.8. The smallest absolute Gasteiger partial charge is 0.269 e. The summed E-state index contributed by atoms with van der Waals surface area (Å²) in [6.07, 6.45) is 2.38. The Morgan fingerprint density at radius 3 is 2.25 bits per heavy atom. The molecule has 0 saturated carbocycles. The predicted octanol–water partition coefficient (Wildman–Crippen LogP) is 1.70. The van der Waals surface area contributed by atoms with Crippen LogP contribution in [0.5, 0.6) is 0 Å². The number of non-ortho nitro benzene ring substituents is 1. The van der Waals surface area contributed by atoms with Gasteiger partial charge in [-0.1, -0.05) is 0 Å². The van der Waals surface area contributed by atoms with Crippen LogP contribution in [0.1, 0.15) is 5.56 Å². The highest BCUT2D eigenvalue weighted by Crippen LogP contribution is 2.17. The van der Waals surface area contributed by atoms with Gasteiger partial charge in [-0.2, -0.15) is 0 Å². The highest BCUT2D eigenvalue weighted by molar-refractivity contribution is 6.06. The van der Waals surface area contributed by atoms with E-state index in [-0.39, 0.29) is 5.69 Å². The van der Waals surface area contributed by atoms with Gasteiger partial charge in [0.05, 0.1) is 4.92 Å². The number of nitro groups is 1. The highest BCUT2D eigenvalue weighted by Gasteiger charge is 2.06. The van der Waals surface area contributed by atoms with Crippen LogP contribution in [0.4, 0.5) is 5.69 Å². The second-order valence-electron chi connectivity index (χ2n) is 3.47. The summed E-state index contributed by atoms with van der Waals surface area (Å²) in [5, 5.41) is 10.4. The summed E-state index contributed by atoms with van der Waals surface area (Å²) in [5.74, 6) is 0. The number of hydrogen-bond acceptors (Lipinski definition) is 4. The molecule has 16 heavy (non-hydrogen) atoms. The topological polar surface area (TPSA) is 63.5 Å². The standard InChI is InChI=1S/C11H12N2O3/c1-12(2)7-10(8-14)9-3-5-11(6-4-9)13(15)16/h3-8H,1-2H3. The molecule has 0 aromatic heterocycles. The molecule has 0 aliphatic heterocycles. The Labute approximate surface area is 93.1 Å². The number of benzene rings is 1. The molecule has 5 heteroatoms. The van der Waals surface area contributed by atoms with Gasteiger partial charge in [-0.25, -0.2) is 0 Å². The molecule has 84 valence electrons. The van der Waals surface area contributed by atoms with Gasteiger partial charge in [0.1, 0.15) is 0 Å². The van der Waals surface area contributed by atoms with Crippen molar-refractivity contribution < 1.29 is 9.72 Å². The maximum Gasteiger partial charge on any atom is 0.269 e. The van der Waals surface area contributed by atoms with Crippen molar-refractivity contribution in [2.24, 2.45) is 0 Å². The van der Waals surface area contributed by atoms with Gasteiger partial charge in [0.15, 0.2) is 6.29 Å². The molecular weight excluding hydrogens is 208 g/mol. The summed E-state index contributed by atoms with van der Waals surface area (Å²) < 4.78 is 0. The zero-order valence-corrected chi connectivity index (χ0v) is 9.08. The first-order valence-corrected chi connectivity index (χ1v) is 4.63. The van der Waals surface area contributed by atoms with E-state index in [0.717, 1.165) is 6.29 Å². The molecule has 0 unspecified atom stereocenters. The first-order valence-electron chi connectivity index (χ1n) is 4.63. The summed E-state index contributed by atoms with van der Waals surface area (Å²) in [6, 6.07) is 5.87. The number of carbonyl (C=O) groups excluding carboxylic acids is 1. The summed E-state index contributed by atoms with van der Waals surface area (Å²) in [5.41, 5.74) is 1.16. The van der Waals surface area contributed by atoms with Gasteiger partial charge >= 0.3 is 0 Å². The highest BCUT2D eigenvalue weighted by atomic mass is 16.6. The molecule has 0 radical (unpaired) electrons. The van der Waals surface area contributed by atoms with Crippen molar-refractivity contribution in [2.45, 2.75) is 0 Å². The van der Waals surface area contributed by atoms with Crippen LogP contribution in [0.15, 0.2) is 30.5 Å². The second-order valence-corrected chi connectivity index (χ2v) is 3.47. The Morgan fingerprint density at radius 2 is 1.88 bits per heavy atom. The summed E-state index contributed by atoms with van der Waals surface area (Å²) in [7, 11) is 3.60. The maximum atomic E-state index is 10.8. The Bertz CT molecular complexity index is 421. The fourth-order valence-electron chi connectivity index (χ4n) is 1.23. The molecule has 0 heterocycles. The minimum absolute atomic E-state index is 0.0128. The molecule has 0 spiro atoms. The zero-order chi connectivity index (χ0) is 12.1. The van der Waals surface area contributed by atoms with Gasteiger partial charge in [0, 0.05) is 38.0 Å². The molecule has 1 rings (SSSR count).